The summed E-state index contributed by atoms with van der Waals surface area (Å²) in [4.78, 5) is 30.5. The van der Waals surface area contributed by atoms with E-state index in [1.165, 1.54) is 0 Å². The number of carboxylic acid groups (broad SMARTS) is 3. The quantitative estimate of drug-likeness (QED) is 0.341. The predicted molar refractivity (Wildman–Crippen MR) is 62.6 cm³/mol. The Balaban J connectivity index is 0. The van der Waals surface area contributed by atoms with Crippen molar-refractivity contribution in [2.24, 2.45) is 5.73 Å². The fraction of sp³-hybridized carbons (Fsp3) is 0.700. The van der Waals surface area contributed by atoms with Gasteiger partial charge in [0.15, 0.2) is 5.60 Å². The second-order valence-electron chi connectivity index (χ2n) is 3.61. The van der Waals surface area contributed by atoms with Crippen molar-refractivity contribution in [1.29, 1.82) is 0 Å². The van der Waals surface area contributed by atoms with E-state index in [9.17, 15) is 14.4 Å². The van der Waals surface area contributed by atoms with Crippen LogP contribution in [0, 0.1) is 0 Å². The first-order chi connectivity index (χ1) is 8.69. The third-order valence-corrected chi connectivity index (χ3v) is 1.84. The summed E-state index contributed by atoms with van der Waals surface area (Å²) < 4.78 is 4.70. The predicted octanol–water partition coefficient (Wildman–Crippen LogP) is -1.27. The van der Waals surface area contributed by atoms with Crippen LogP contribution in [0.2, 0.25) is 0 Å². The minimum Gasteiger partial charge on any atom is -0.481 e. The fourth-order valence-corrected chi connectivity index (χ4v) is 0.942. The lowest BCUT2D eigenvalue weighted by Gasteiger charge is -2.18. The lowest BCUT2D eigenvalue weighted by molar-refractivity contribution is -0.170. The molecule has 0 spiro atoms. The van der Waals surface area contributed by atoms with Crippen molar-refractivity contribution in [3.63, 3.8) is 0 Å². The third kappa shape index (κ3) is 11.1. The molecule has 0 atom stereocenters. The average Bonchev–Trinajstić information content (AvgIpc) is 2.24. The first-order valence-corrected chi connectivity index (χ1v) is 5.28. The number of rotatable bonds is 8. The summed E-state index contributed by atoms with van der Waals surface area (Å²) in [6.07, 6.45) is -1.32. The average molecular weight is 281 g/mol. The smallest absolute Gasteiger partial charge is 0.336 e. The summed E-state index contributed by atoms with van der Waals surface area (Å²) in [6, 6.07) is 0. The zero-order chi connectivity index (χ0) is 15.5. The van der Waals surface area contributed by atoms with Crippen LogP contribution in [0.5, 0.6) is 0 Å². The summed E-state index contributed by atoms with van der Waals surface area (Å²) in [6.45, 7) is 1.52. The first-order valence-electron chi connectivity index (χ1n) is 5.28. The van der Waals surface area contributed by atoms with Gasteiger partial charge in [0.2, 0.25) is 0 Å². The topological polar surface area (TPSA) is 167 Å². The molecule has 0 aromatic carbocycles. The van der Waals surface area contributed by atoms with Gasteiger partial charge in [0.05, 0.1) is 12.8 Å². The summed E-state index contributed by atoms with van der Waals surface area (Å²) in [5.41, 5.74) is 2.40. The van der Waals surface area contributed by atoms with Gasteiger partial charge in [0, 0.05) is 13.7 Å². The fourth-order valence-electron chi connectivity index (χ4n) is 0.942. The summed E-state index contributed by atoms with van der Waals surface area (Å²) in [5.74, 6) is -5.02. The maximum atomic E-state index is 10.3. The van der Waals surface area contributed by atoms with Crippen LogP contribution in [0.25, 0.3) is 0 Å². The van der Waals surface area contributed by atoms with E-state index in [4.69, 9.17) is 30.9 Å². The molecule has 0 bridgehead atoms. The van der Waals surface area contributed by atoms with Crippen LogP contribution in [-0.2, 0) is 19.1 Å². The van der Waals surface area contributed by atoms with Crippen LogP contribution in [0.4, 0.5) is 0 Å². The molecule has 112 valence electrons. The van der Waals surface area contributed by atoms with Gasteiger partial charge in [-0.15, -0.1) is 0 Å². The molecule has 0 radical (unpaired) electrons. The highest BCUT2D eigenvalue weighted by atomic mass is 16.5. The molecule has 0 fully saturated rings. The standard InChI is InChI=1S/C6H8O7.C4H11NO/c7-3(8)1-6(13,5(11)12)2-4(9)10;1-6-4-2-3-5/h13H,1-2H2,(H,7,8)(H,9,10)(H,11,12);2-5H2,1H3. The molecule has 9 heteroatoms. The van der Waals surface area contributed by atoms with Crippen molar-refractivity contribution in [1.82, 2.24) is 0 Å². The number of aliphatic carboxylic acids is 3. The van der Waals surface area contributed by atoms with Crippen LogP contribution in [0.15, 0.2) is 0 Å². The lowest BCUT2D eigenvalue weighted by Crippen LogP contribution is -2.42. The Morgan fingerprint density at radius 1 is 1.11 bits per heavy atom. The molecule has 0 saturated heterocycles. The highest BCUT2D eigenvalue weighted by Gasteiger charge is 2.40. The second-order valence-corrected chi connectivity index (χ2v) is 3.61. The molecular weight excluding hydrogens is 262 g/mol. The van der Waals surface area contributed by atoms with E-state index < -0.39 is 36.4 Å². The summed E-state index contributed by atoms with van der Waals surface area (Å²) >= 11 is 0. The third-order valence-electron chi connectivity index (χ3n) is 1.84. The maximum Gasteiger partial charge on any atom is 0.336 e. The zero-order valence-corrected chi connectivity index (χ0v) is 10.5. The van der Waals surface area contributed by atoms with E-state index in [0.29, 0.717) is 0 Å². The minimum atomic E-state index is -2.74. The van der Waals surface area contributed by atoms with E-state index in [-0.39, 0.29) is 0 Å². The number of carboxylic acids is 3. The molecule has 0 aromatic heterocycles. The molecule has 19 heavy (non-hydrogen) atoms. The summed E-state index contributed by atoms with van der Waals surface area (Å²) in [5, 5.41) is 33.8. The van der Waals surface area contributed by atoms with Gasteiger partial charge in [-0.1, -0.05) is 0 Å². The Kier molecular flexibility index (Phi) is 10.6. The molecule has 0 aromatic rings. The molecular formula is C10H19NO8. The molecule has 0 amide bonds. The van der Waals surface area contributed by atoms with Gasteiger partial charge in [-0.2, -0.15) is 0 Å². The Hall–Kier alpha value is -1.71. The van der Waals surface area contributed by atoms with E-state index in [2.05, 4.69) is 0 Å². The van der Waals surface area contributed by atoms with Gasteiger partial charge < -0.3 is 30.9 Å². The van der Waals surface area contributed by atoms with Crippen molar-refractivity contribution < 1.29 is 39.5 Å². The van der Waals surface area contributed by atoms with Crippen molar-refractivity contribution in [3.05, 3.63) is 0 Å². The molecule has 0 aliphatic heterocycles. The Bertz CT molecular complexity index is 284. The Morgan fingerprint density at radius 3 is 1.68 bits per heavy atom. The minimum absolute atomic E-state index is 0.730. The number of ether oxygens (including phenoxy) is 1. The zero-order valence-electron chi connectivity index (χ0n) is 10.5. The molecule has 0 saturated carbocycles. The van der Waals surface area contributed by atoms with Gasteiger partial charge in [-0.3, -0.25) is 9.59 Å². The number of hydrogen-bond acceptors (Lipinski definition) is 6. The molecule has 0 aliphatic rings. The molecule has 0 aliphatic carbocycles. The van der Waals surface area contributed by atoms with Crippen LogP contribution < -0.4 is 5.73 Å². The number of nitrogens with two attached hydrogens (primary N) is 1. The first kappa shape index (κ1) is 19.6. The summed E-state index contributed by atoms with van der Waals surface area (Å²) in [7, 11) is 1.68. The molecule has 0 unspecified atom stereocenters. The number of carbonyl (C=O) groups is 3. The maximum absolute atomic E-state index is 10.3. The highest BCUT2D eigenvalue weighted by molar-refractivity contribution is 5.88. The van der Waals surface area contributed by atoms with Gasteiger partial charge >= 0.3 is 17.9 Å². The van der Waals surface area contributed by atoms with Crippen molar-refractivity contribution in [2.75, 3.05) is 20.3 Å². The molecule has 6 N–H and O–H groups in total. The Labute approximate surface area is 109 Å². The Morgan fingerprint density at radius 2 is 1.53 bits per heavy atom. The van der Waals surface area contributed by atoms with Crippen molar-refractivity contribution >= 4 is 17.9 Å². The number of aliphatic hydroxyl groups is 1. The van der Waals surface area contributed by atoms with Crippen LogP contribution in [0.1, 0.15) is 19.3 Å². The monoisotopic (exact) mass is 281 g/mol. The van der Waals surface area contributed by atoms with E-state index >= 15 is 0 Å². The van der Waals surface area contributed by atoms with Crippen molar-refractivity contribution in [3.8, 4) is 0 Å². The number of hydrogen-bond donors (Lipinski definition) is 5. The van der Waals surface area contributed by atoms with Crippen LogP contribution in [-0.4, -0.2) is 64.2 Å². The van der Waals surface area contributed by atoms with Crippen molar-refractivity contribution in [2.45, 2.75) is 24.9 Å². The molecule has 0 heterocycles. The largest absolute Gasteiger partial charge is 0.481 e. The van der Waals surface area contributed by atoms with Gasteiger partial charge in [0.25, 0.3) is 0 Å². The van der Waals surface area contributed by atoms with E-state index in [1.807, 2.05) is 0 Å². The van der Waals surface area contributed by atoms with E-state index in [0.717, 1.165) is 19.6 Å². The van der Waals surface area contributed by atoms with Gasteiger partial charge in [0.1, 0.15) is 0 Å². The highest BCUT2D eigenvalue weighted by Crippen LogP contribution is 2.15. The van der Waals surface area contributed by atoms with Crippen LogP contribution in [0.3, 0.4) is 0 Å². The molecule has 0 rings (SSSR count). The van der Waals surface area contributed by atoms with E-state index in [1.54, 1.807) is 7.11 Å². The number of methoxy groups -OCH3 is 1. The second kappa shape index (κ2) is 10.2. The SMILES string of the molecule is COCCCN.O=C(O)CC(O)(CC(=O)O)C(=O)O. The lowest BCUT2D eigenvalue weighted by atomic mass is 9.96. The molecule has 9 nitrogen and oxygen atoms in total. The van der Waals surface area contributed by atoms with Crippen LogP contribution >= 0.6 is 0 Å². The van der Waals surface area contributed by atoms with Gasteiger partial charge in [-0.05, 0) is 13.0 Å². The van der Waals surface area contributed by atoms with Gasteiger partial charge in [-0.25, -0.2) is 4.79 Å². The normalized spacial score (nSPS) is 10.3.